The van der Waals surface area contributed by atoms with E-state index in [1.807, 2.05) is 13.0 Å². The molecule has 90 valence electrons. The Labute approximate surface area is 102 Å². The summed E-state index contributed by atoms with van der Waals surface area (Å²) in [5, 5.41) is 18.8. The molecule has 1 heterocycles. The van der Waals surface area contributed by atoms with Crippen LogP contribution in [0.5, 0.6) is 5.75 Å². The molecule has 1 aliphatic heterocycles. The number of ether oxygens (including phenoxy) is 1. The van der Waals surface area contributed by atoms with E-state index in [0.29, 0.717) is 16.4 Å². The first kappa shape index (κ1) is 11.8. The molecule has 0 aliphatic carbocycles. The second-order valence-corrected chi connectivity index (χ2v) is 4.61. The van der Waals surface area contributed by atoms with Crippen molar-refractivity contribution in [3.8, 4) is 5.75 Å². The van der Waals surface area contributed by atoms with Crippen LogP contribution in [0.2, 0.25) is 0 Å². The fraction of sp³-hybridized carbons (Fsp3) is 0.273. The Kier molecular flexibility index (Phi) is 3.23. The van der Waals surface area contributed by atoms with Gasteiger partial charge in [-0.25, -0.2) is 9.79 Å². The van der Waals surface area contributed by atoms with Crippen LogP contribution in [0.25, 0.3) is 0 Å². The van der Waals surface area contributed by atoms with Gasteiger partial charge < -0.3 is 14.9 Å². The van der Waals surface area contributed by atoms with Gasteiger partial charge in [-0.3, -0.25) is 0 Å². The van der Waals surface area contributed by atoms with E-state index >= 15 is 0 Å². The summed E-state index contributed by atoms with van der Waals surface area (Å²) in [6.07, 6.45) is -2.03. The van der Waals surface area contributed by atoms with Crippen molar-refractivity contribution in [2.45, 2.75) is 13.2 Å². The molecule has 5 nitrogen and oxygen atoms in total. The molecule has 17 heavy (non-hydrogen) atoms. The van der Waals surface area contributed by atoms with E-state index in [9.17, 15) is 9.90 Å². The van der Waals surface area contributed by atoms with Gasteiger partial charge in [0.15, 0.2) is 0 Å². The number of carboxylic acid groups (broad SMARTS) is 1. The number of thioether (sulfide) groups is 1. The van der Waals surface area contributed by atoms with Crippen molar-refractivity contribution in [2.75, 3.05) is 5.75 Å². The van der Waals surface area contributed by atoms with E-state index in [1.54, 1.807) is 12.1 Å². The van der Waals surface area contributed by atoms with Crippen LogP contribution in [0.4, 0.5) is 4.79 Å². The first-order chi connectivity index (χ1) is 8.06. The van der Waals surface area contributed by atoms with Gasteiger partial charge in [-0.1, -0.05) is 11.6 Å². The Morgan fingerprint density at radius 2 is 2.35 bits per heavy atom. The average molecular weight is 253 g/mol. The SMILES string of the molecule is Cc1ccc(O)c(C2=NC(OC(=O)O)CS2)c1. The molecule has 0 spiro atoms. The van der Waals surface area contributed by atoms with Crippen molar-refractivity contribution in [2.24, 2.45) is 4.99 Å². The number of hydrogen-bond donors (Lipinski definition) is 2. The van der Waals surface area contributed by atoms with Crippen LogP contribution < -0.4 is 0 Å². The predicted molar refractivity (Wildman–Crippen MR) is 64.7 cm³/mol. The normalized spacial score (nSPS) is 18.9. The molecule has 1 aromatic rings. The highest BCUT2D eigenvalue weighted by Gasteiger charge is 2.24. The van der Waals surface area contributed by atoms with Gasteiger partial charge in [-0.2, -0.15) is 0 Å². The molecule has 1 atom stereocenters. The molecule has 0 radical (unpaired) electrons. The molecule has 0 bridgehead atoms. The van der Waals surface area contributed by atoms with Crippen LogP contribution in [-0.4, -0.2) is 33.4 Å². The maximum Gasteiger partial charge on any atom is 0.507 e. The van der Waals surface area contributed by atoms with Gasteiger partial charge in [0.25, 0.3) is 0 Å². The molecule has 0 amide bonds. The molecule has 1 aliphatic rings. The number of phenolic OH excluding ortho intramolecular Hbond substituents is 1. The highest BCUT2D eigenvalue weighted by atomic mass is 32.2. The van der Waals surface area contributed by atoms with Crippen LogP contribution in [-0.2, 0) is 4.74 Å². The molecular weight excluding hydrogens is 242 g/mol. The molecule has 0 fully saturated rings. The third-order valence-electron chi connectivity index (χ3n) is 2.24. The summed E-state index contributed by atoms with van der Waals surface area (Å²) in [4.78, 5) is 14.5. The average Bonchev–Trinajstić information content (AvgIpc) is 2.69. The minimum Gasteiger partial charge on any atom is -0.507 e. The Hall–Kier alpha value is -1.69. The number of nitrogens with zero attached hydrogens (tertiary/aromatic N) is 1. The van der Waals surface area contributed by atoms with E-state index in [-0.39, 0.29) is 5.75 Å². The lowest BCUT2D eigenvalue weighted by Gasteiger charge is -2.04. The van der Waals surface area contributed by atoms with Gasteiger partial charge in [0.2, 0.25) is 6.23 Å². The monoisotopic (exact) mass is 253 g/mol. The van der Waals surface area contributed by atoms with Crippen LogP contribution in [0.3, 0.4) is 0 Å². The Bertz CT molecular complexity index is 486. The molecule has 0 aromatic heterocycles. The fourth-order valence-electron chi connectivity index (χ4n) is 1.50. The summed E-state index contributed by atoms with van der Waals surface area (Å²) in [6.45, 7) is 1.91. The largest absolute Gasteiger partial charge is 0.507 e. The topological polar surface area (TPSA) is 79.1 Å². The lowest BCUT2D eigenvalue weighted by atomic mass is 10.1. The smallest absolute Gasteiger partial charge is 0.507 e. The van der Waals surface area contributed by atoms with Crippen molar-refractivity contribution < 1.29 is 19.7 Å². The van der Waals surface area contributed by atoms with Crippen LogP contribution >= 0.6 is 11.8 Å². The van der Waals surface area contributed by atoms with Gasteiger partial charge in [0.05, 0.1) is 5.75 Å². The highest BCUT2D eigenvalue weighted by Crippen LogP contribution is 2.29. The molecule has 1 aromatic carbocycles. The van der Waals surface area contributed by atoms with E-state index in [4.69, 9.17) is 5.11 Å². The van der Waals surface area contributed by atoms with Crippen LogP contribution in [0.15, 0.2) is 23.2 Å². The van der Waals surface area contributed by atoms with Gasteiger partial charge in [-0.15, -0.1) is 11.8 Å². The molecule has 0 saturated carbocycles. The lowest BCUT2D eigenvalue weighted by Crippen LogP contribution is -2.13. The van der Waals surface area contributed by atoms with Crippen molar-refractivity contribution in [1.82, 2.24) is 0 Å². The van der Waals surface area contributed by atoms with E-state index in [0.717, 1.165) is 5.56 Å². The lowest BCUT2D eigenvalue weighted by molar-refractivity contribution is 0.0651. The van der Waals surface area contributed by atoms with Gasteiger partial charge in [0.1, 0.15) is 10.8 Å². The Morgan fingerprint density at radius 1 is 1.59 bits per heavy atom. The minimum absolute atomic E-state index is 0.137. The number of aryl methyl sites for hydroxylation is 1. The second-order valence-electron chi connectivity index (χ2n) is 3.60. The summed E-state index contributed by atoms with van der Waals surface area (Å²) in [5.41, 5.74) is 1.62. The number of phenols is 1. The van der Waals surface area contributed by atoms with Gasteiger partial charge in [-0.05, 0) is 19.1 Å². The zero-order valence-electron chi connectivity index (χ0n) is 9.08. The third-order valence-corrected chi connectivity index (χ3v) is 3.29. The second kappa shape index (κ2) is 4.67. The molecule has 2 N–H and O–H groups in total. The summed E-state index contributed by atoms with van der Waals surface area (Å²) in [7, 11) is 0. The Balaban J connectivity index is 2.23. The zero-order chi connectivity index (χ0) is 12.4. The van der Waals surface area contributed by atoms with Crippen LogP contribution in [0.1, 0.15) is 11.1 Å². The maximum absolute atomic E-state index is 10.4. The first-order valence-electron chi connectivity index (χ1n) is 4.96. The fourth-order valence-corrected chi connectivity index (χ4v) is 2.45. The number of hydrogen-bond acceptors (Lipinski definition) is 5. The zero-order valence-corrected chi connectivity index (χ0v) is 9.90. The number of aromatic hydroxyl groups is 1. The van der Waals surface area contributed by atoms with Crippen molar-refractivity contribution in [3.05, 3.63) is 29.3 Å². The number of rotatable bonds is 2. The molecule has 6 heteroatoms. The van der Waals surface area contributed by atoms with E-state index < -0.39 is 12.4 Å². The van der Waals surface area contributed by atoms with Crippen molar-refractivity contribution in [1.29, 1.82) is 0 Å². The molecule has 1 unspecified atom stereocenters. The van der Waals surface area contributed by atoms with Gasteiger partial charge in [0, 0.05) is 5.56 Å². The summed E-state index contributed by atoms with van der Waals surface area (Å²) >= 11 is 1.37. The quantitative estimate of drug-likeness (QED) is 0.790. The van der Waals surface area contributed by atoms with Crippen LogP contribution in [0, 0.1) is 6.92 Å². The maximum atomic E-state index is 10.4. The van der Waals surface area contributed by atoms with E-state index in [1.165, 1.54) is 11.8 Å². The number of carbonyl (C=O) groups is 1. The number of benzene rings is 1. The summed E-state index contributed by atoms with van der Waals surface area (Å²) < 4.78 is 4.56. The van der Waals surface area contributed by atoms with Crippen molar-refractivity contribution >= 4 is 23.0 Å². The van der Waals surface area contributed by atoms with Crippen molar-refractivity contribution in [3.63, 3.8) is 0 Å². The third kappa shape index (κ3) is 2.71. The molecule has 2 rings (SSSR count). The highest BCUT2D eigenvalue weighted by molar-refractivity contribution is 8.14. The number of aliphatic imine (C=N–C) groups is 1. The first-order valence-corrected chi connectivity index (χ1v) is 5.95. The molecular formula is C11H11NO4S. The Morgan fingerprint density at radius 3 is 3.06 bits per heavy atom. The minimum atomic E-state index is -1.34. The van der Waals surface area contributed by atoms with E-state index in [2.05, 4.69) is 9.73 Å². The summed E-state index contributed by atoms with van der Waals surface area (Å²) in [5.74, 6) is 0.576. The summed E-state index contributed by atoms with van der Waals surface area (Å²) in [6, 6.07) is 5.20. The predicted octanol–water partition coefficient (Wildman–Crippen LogP) is 2.21. The van der Waals surface area contributed by atoms with Gasteiger partial charge >= 0.3 is 6.16 Å². The standard InChI is InChI=1S/C11H11NO4S/c1-6-2-3-8(13)7(4-6)10-12-9(5-17-10)16-11(14)15/h2-4,9,13H,5H2,1H3,(H,14,15). The molecule has 0 saturated heterocycles.